The molecular weight excluding hydrogens is 486 g/mol. The van der Waals surface area contributed by atoms with E-state index in [2.05, 4.69) is 11.1 Å². The second-order valence-corrected chi connectivity index (χ2v) is 8.94. The number of fused-ring (bicyclic) bond motifs is 2. The van der Waals surface area contributed by atoms with Gasteiger partial charge < -0.3 is 18.8 Å². The summed E-state index contributed by atoms with van der Waals surface area (Å²) in [5.41, 5.74) is 1.78. The van der Waals surface area contributed by atoms with Gasteiger partial charge in [-0.1, -0.05) is 6.07 Å². The second-order valence-electron chi connectivity index (χ2n) is 8.94. The van der Waals surface area contributed by atoms with Crippen molar-refractivity contribution in [1.82, 2.24) is 14.0 Å². The summed E-state index contributed by atoms with van der Waals surface area (Å²) in [5, 5.41) is 10.3. The molecule has 1 aromatic carbocycles. The summed E-state index contributed by atoms with van der Waals surface area (Å²) in [4.78, 5) is 35.8. The lowest BCUT2D eigenvalue weighted by Gasteiger charge is -2.15. The number of methoxy groups -OCH3 is 2. The van der Waals surface area contributed by atoms with Crippen LogP contribution in [0.3, 0.4) is 0 Å². The SMILES string of the molecule is COc1ccc(C(=O)N=c2c(C#N)cc3c(=O)n4cccc(C)c4nc3n2CCCOC(C)C)cc1OC. The number of aryl methyl sites for hydroxylation is 2. The standard InChI is InChI=1S/C28H29N5O5/c1-17(2)38-13-7-12-32-25(31-27(34)19-9-10-22(36-4)23(15-19)37-5)20(16-29)14-21-26(32)30-24-18(3)8-6-11-33(24)28(21)35/h6,8-11,14-15,17H,7,12-13H2,1-5H3. The molecule has 0 radical (unpaired) electrons. The van der Waals surface area contributed by atoms with Crippen LogP contribution in [-0.4, -0.2) is 46.8 Å². The van der Waals surface area contributed by atoms with Crippen molar-refractivity contribution in [2.45, 2.75) is 39.8 Å². The number of rotatable bonds is 8. The molecular formula is C28H29N5O5. The minimum atomic E-state index is -0.581. The predicted octanol–water partition coefficient (Wildman–Crippen LogP) is 3.40. The van der Waals surface area contributed by atoms with Gasteiger partial charge in [-0.05, 0) is 63.1 Å². The van der Waals surface area contributed by atoms with Crippen LogP contribution in [0.5, 0.6) is 11.5 Å². The third-order valence-corrected chi connectivity index (χ3v) is 6.04. The van der Waals surface area contributed by atoms with Crippen molar-refractivity contribution in [3.05, 3.63) is 75.1 Å². The van der Waals surface area contributed by atoms with E-state index in [9.17, 15) is 14.9 Å². The highest BCUT2D eigenvalue weighted by atomic mass is 16.5. The van der Waals surface area contributed by atoms with E-state index >= 15 is 0 Å². The Labute approximate surface area is 219 Å². The molecule has 0 N–H and O–H groups in total. The largest absolute Gasteiger partial charge is 0.493 e. The molecule has 0 aliphatic carbocycles. The van der Waals surface area contributed by atoms with Gasteiger partial charge in [0.15, 0.2) is 17.0 Å². The van der Waals surface area contributed by atoms with E-state index in [4.69, 9.17) is 19.2 Å². The summed E-state index contributed by atoms with van der Waals surface area (Å²) in [6.07, 6.45) is 2.24. The molecule has 0 aliphatic rings. The fraction of sp³-hybridized carbons (Fsp3) is 0.321. The minimum absolute atomic E-state index is 0.0485. The van der Waals surface area contributed by atoms with E-state index in [1.807, 2.05) is 26.8 Å². The third-order valence-electron chi connectivity index (χ3n) is 6.04. The molecule has 3 heterocycles. The molecule has 0 saturated carbocycles. The van der Waals surface area contributed by atoms with Crippen molar-refractivity contribution < 1.29 is 19.0 Å². The van der Waals surface area contributed by atoms with Crippen molar-refractivity contribution in [3.63, 3.8) is 0 Å². The highest BCUT2D eigenvalue weighted by molar-refractivity contribution is 5.95. The maximum atomic E-state index is 13.4. The van der Waals surface area contributed by atoms with Crippen LogP contribution in [0.15, 0.2) is 52.4 Å². The molecule has 196 valence electrons. The van der Waals surface area contributed by atoms with Crippen molar-refractivity contribution in [2.75, 3.05) is 20.8 Å². The first-order valence-electron chi connectivity index (χ1n) is 12.2. The summed E-state index contributed by atoms with van der Waals surface area (Å²) in [7, 11) is 2.98. The Balaban J connectivity index is 1.98. The summed E-state index contributed by atoms with van der Waals surface area (Å²) in [5.74, 6) is 0.269. The van der Waals surface area contributed by atoms with Crippen molar-refractivity contribution in [1.29, 1.82) is 5.26 Å². The van der Waals surface area contributed by atoms with Gasteiger partial charge >= 0.3 is 0 Å². The number of amides is 1. The molecule has 10 heteroatoms. The van der Waals surface area contributed by atoms with Crippen molar-refractivity contribution in [2.24, 2.45) is 4.99 Å². The summed E-state index contributed by atoms with van der Waals surface area (Å²) < 4.78 is 19.4. The average Bonchev–Trinajstić information content (AvgIpc) is 2.91. The van der Waals surface area contributed by atoms with Crippen LogP contribution in [0, 0.1) is 18.3 Å². The molecule has 1 amide bonds. The first-order valence-corrected chi connectivity index (χ1v) is 12.2. The summed E-state index contributed by atoms with van der Waals surface area (Å²) in [6, 6.07) is 11.9. The topological polar surface area (TPSA) is 120 Å². The predicted molar refractivity (Wildman–Crippen MR) is 142 cm³/mol. The summed E-state index contributed by atoms with van der Waals surface area (Å²) in [6.45, 7) is 6.52. The highest BCUT2D eigenvalue weighted by Gasteiger charge is 2.17. The first-order chi connectivity index (χ1) is 18.3. The number of benzene rings is 1. The van der Waals surface area contributed by atoms with Crippen LogP contribution in [0.1, 0.15) is 41.8 Å². The van der Waals surface area contributed by atoms with Gasteiger partial charge in [0, 0.05) is 24.9 Å². The van der Waals surface area contributed by atoms with Gasteiger partial charge in [-0.25, -0.2) is 4.98 Å². The van der Waals surface area contributed by atoms with Crippen LogP contribution in [-0.2, 0) is 11.3 Å². The van der Waals surface area contributed by atoms with Crippen LogP contribution in [0.4, 0.5) is 0 Å². The number of hydrogen-bond acceptors (Lipinski definition) is 7. The molecule has 0 atom stereocenters. The molecule has 4 rings (SSSR count). The lowest BCUT2D eigenvalue weighted by atomic mass is 10.2. The smallest absolute Gasteiger partial charge is 0.279 e. The lowest BCUT2D eigenvalue weighted by Crippen LogP contribution is -2.30. The molecule has 38 heavy (non-hydrogen) atoms. The lowest BCUT2D eigenvalue weighted by molar-refractivity contribution is 0.0748. The van der Waals surface area contributed by atoms with E-state index in [0.29, 0.717) is 42.4 Å². The number of hydrogen-bond donors (Lipinski definition) is 0. The molecule has 0 aliphatic heterocycles. The molecule has 4 aromatic rings. The first kappa shape index (κ1) is 26.6. The molecule has 10 nitrogen and oxygen atoms in total. The zero-order valence-corrected chi connectivity index (χ0v) is 22.0. The molecule has 0 unspecified atom stereocenters. The number of ether oxygens (including phenoxy) is 3. The minimum Gasteiger partial charge on any atom is -0.493 e. The molecule has 0 spiro atoms. The van der Waals surface area contributed by atoms with E-state index in [0.717, 1.165) is 5.56 Å². The number of carbonyl (C=O) groups excluding carboxylic acids is 1. The number of pyridine rings is 2. The van der Waals surface area contributed by atoms with Gasteiger partial charge in [0.2, 0.25) is 0 Å². The maximum Gasteiger partial charge on any atom is 0.279 e. The van der Waals surface area contributed by atoms with Gasteiger partial charge in [0.1, 0.15) is 17.4 Å². The monoisotopic (exact) mass is 515 g/mol. The van der Waals surface area contributed by atoms with E-state index in [1.165, 1.54) is 30.8 Å². The van der Waals surface area contributed by atoms with E-state index in [1.54, 1.807) is 29.0 Å². The second kappa shape index (κ2) is 11.3. The Bertz CT molecular complexity index is 1690. The fourth-order valence-electron chi connectivity index (χ4n) is 4.17. The Morgan fingerprint density at radius 1 is 1.13 bits per heavy atom. The summed E-state index contributed by atoms with van der Waals surface area (Å²) >= 11 is 0. The number of nitriles is 1. The Hall–Kier alpha value is -4.49. The third kappa shape index (κ3) is 5.14. The number of nitrogens with zero attached hydrogens (tertiary/aromatic N) is 5. The normalized spacial score (nSPS) is 11.8. The number of carbonyl (C=O) groups is 1. The molecule has 0 bridgehead atoms. The van der Waals surface area contributed by atoms with E-state index in [-0.39, 0.29) is 33.7 Å². The molecule has 0 fully saturated rings. The Morgan fingerprint density at radius 3 is 2.58 bits per heavy atom. The van der Waals surface area contributed by atoms with Crippen LogP contribution < -0.4 is 20.5 Å². The quantitative estimate of drug-likeness (QED) is 0.260. The van der Waals surface area contributed by atoms with Crippen LogP contribution in [0.25, 0.3) is 16.7 Å². The maximum absolute atomic E-state index is 13.4. The van der Waals surface area contributed by atoms with Gasteiger partial charge in [0.25, 0.3) is 11.5 Å². The molecule has 3 aromatic heterocycles. The van der Waals surface area contributed by atoms with Gasteiger partial charge in [-0.2, -0.15) is 10.3 Å². The zero-order valence-electron chi connectivity index (χ0n) is 22.0. The van der Waals surface area contributed by atoms with Crippen LogP contribution >= 0.6 is 0 Å². The Kier molecular flexibility index (Phi) is 7.88. The Morgan fingerprint density at radius 2 is 1.89 bits per heavy atom. The van der Waals surface area contributed by atoms with E-state index < -0.39 is 5.91 Å². The van der Waals surface area contributed by atoms with Crippen molar-refractivity contribution >= 4 is 22.6 Å². The number of aromatic nitrogens is 3. The van der Waals surface area contributed by atoms with Gasteiger partial charge in [-0.3, -0.25) is 14.0 Å². The fourth-order valence-corrected chi connectivity index (χ4v) is 4.17. The van der Waals surface area contributed by atoms with Gasteiger partial charge in [0.05, 0.1) is 31.3 Å². The van der Waals surface area contributed by atoms with Crippen molar-refractivity contribution in [3.8, 4) is 17.6 Å². The highest BCUT2D eigenvalue weighted by Crippen LogP contribution is 2.27. The zero-order chi connectivity index (χ0) is 27.4. The van der Waals surface area contributed by atoms with Gasteiger partial charge in [-0.15, -0.1) is 0 Å². The van der Waals surface area contributed by atoms with Crippen LogP contribution in [0.2, 0.25) is 0 Å². The molecule has 0 saturated heterocycles. The average molecular weight is 516 g/mol.